The maximum atomic E-state index is 12.1. The van der Waals surface area contributed by atoms with Crippen molar-refractivity contribution in [3.63, 3.8) is 0 Å². The van der Waals surface area contributed by atoms with Gasteiger partial charge in [0.15, 0.2) is 6.10 Å². The van der Waals surface area contributed by atoms with Gasteiger partial charge in [0, 0.05) is 6.20 Å². The van der Waals surface area contributed by atoms with Gasteiger partial charge in [-0.1, -0.05) is 25.1 Å². The zero-order chi connectivity index (χ0) is 13.5. The van der Waals surface area contributed by atoms with Gasteiger partial charge in [0.1, 0.15) is 5.75 Å². The van der Waals surface area contributed by atoms with Crippen molar-refractivity contribution >= 4 is 11.6 Å². The maximum absolute atomic E-state index is 12.1. The van der Waals surface area contributed by atoms with Gasteiger partial charge in [-0.2, -0.15) is 0 Å². The molecule has 0 bridgehead atoms. The first-order valence-corrected chi connectivity index (χ1v) is 6.22. The van der Waals surface area contributed by atoms with E-state index >= 15 is 0 Å². The minimum Gasteiger partial charge on any atom is -0.481 e. The fourth-order valence-corrected chi connectivity index (χ4v) is 1.65. The van der Waals surface area contributed by atoms with Crippen molar-refractivity contribution in [2.24, 2.45) is 0 Å². The zero-order valence-corrected chi connectivity index (χ0v) is 10.7. The van der Waals surface area contributed by atoms with Gasteiger partial charge in [0.05, 0.1) is 11.9 Å². The molecular formula is C15H16N2O2. The molecule has 0 radical (unpaired) electrons. The van der Waals surface area contributed by atoms with Gasteiger partial charge in [0.25, 0.3) is 5.91 Å². The van der Waals surface area contributed by atoms with Crippen molar-refractivity contribution in [1.29, 1.82) is 0 Å². The molecule has 98 valence electrons. The Morgan fingerprint density at radius 2 is 2.05 bits per heavy atom. The molecule has 19 heavy (non-hydrogen) atoms. The molecule has 4 heteroatoms. The number of aromatic nitrogens is 1. The highest BCUT2D eigenvalue weighted by Gasteiger charge is 2.18. The SMILES string of the molecule is CC[C@@H](Oc1ccccc1)C(=O)Nc1cccnc1. The van der Waals surface area contributed by atoms with Crippen LogP contribution in [-0.4, -0.2) is 17.0 Å². The average molecular weight is 256 g/mol. The van der Waals surface area contributed by atoms with Gasteiger partial charge in [-0.3, -0.25) is 9.78 Å². The van der Waals surface area contributed by atoms with Gasteiger partial charge < -0.3 is 10.1 Å². The topological polar surface area (TPSA) is 51.2 Å². The molecule has 0 saturated carbocycles. The summed E-state index contributed by atoms with van der Waals surface area (Å²) >= 11 is 0. The number of hydrogen-bond donors (Lipinski definition) is 1. The Morgan fingerprint density at radius 3 is 2.68 bits per heavy atom. The van der Waals surface area contributed by atoms with E-state index in [0.717, 1.165) is 0 Å². The van der Waals surface area contributed by atoms with Crippen LogP contribution in [0, 0.1) is 0 Å². The molecule has 4 nitrogen and oxygen atoms in total. The van der Waals surface area contributed by atoms with Crippen molar-refractivity contribution < 1.29 is 9.53 Å². The molecule has 0 fully saturated rings. The molecular weight excluding hydrogens is 240 g/mol. The molecule has 0 aliphatic rings. The first-order valence-electron chi connectivity index (χ1n) is 6.22. The molecule has 0 aliphatic heterocycles. The molecule has 2 aromatic rings. The molecule has 1 aromatic carbocycles. The summed E-state index contributed by atoms with van der Waals surface area (Å²) in [5, 5.41) is 2.79. The van der Waals surface area contributed by atoms with E-state index < -0.39 is 6.10 Å². The summed E-state index contributed by atoms with van der Waals surface area (Å²) in [5.41, 5.74) is 0.669. The van der Waals surface area contributed by atoms with Crippen LogP contribution in [0.3, 0.4) is 0 Å². The molecule has 1 aromatic heterocycles. The highest BCUT2D eigenvalue weighted by atomic mass is 16.5. The van der Waals surface area contributed by atoms with Gasteiger partial charge in [-0.25, -0.2) is 0 Å². The number of ether oxygens (including phenoxy) is 1. The predicted octanol–water partition coefficient (Wildman–Crippen LogP) is 2.88. The second kappa shape index (κ2) is 6.54. The molecule has 1 atom stereocenters. The third-order valence-electron chi connectivity index (χ3n) is 2.61. The van der Waals surface area contributed by atoms with Crippen molar-refractivity contribution in [1.82, 2.24) is 4.98 Å². The van der Waals surface area contributed by atoms with Crippen molar-refractivity contribution in [2.45, 2.75) is 19.4 Å². The van der Waals surface area contributed by atoms with E-state index in [0.29, 0.717) is 17.9 Å². The highest BCUT2D eigenvalue weighted by Crippen LogP contribution is 2.14. The van der Waals surface area contributed by atoms with Crippen molar-refractivity contribution in [2.75, 3.05) is 5.32 Å². The number of rotatable bonds is 5. The van der Waals surface area contributed by atoms with Gasteiger partial charge >= 0.3 is 0 Å². The number of anilines is 1. The molecule has 2 rings (SSSR count). The molecule has 0 aliphatic carbocycles. The van der Waals surface area contributed by atoms with E-state index in [2.05, 4.69) is 10.3 Å². The van der Waals surface area contributed by atoms with Crippen LogP contribution in [0.2, 0.25) is 0 Å². The molecule has 0 unspecified atom stereocenters. The van der Waals surface area contributed by atoms with Crippen LogP contribution < -0.4 is 10.1 Å². The Morgan fingerprint density at radius 1 is 1.26 bits per heavy atom. The molecule has 1 amide bonds. The average Bonchev–Trinajstić information content (AvgIpc) is 2.47. The minimum atomic E-state index is -0.511. The normalized spacial score (nSPS) is 11.6. The number of carbonyl (C=O) groups excluding carboxylic acids is 1. The predicted molar refractivity (Wildman–Crippen MR) is 74.0 cm³/mol. The second-order valence-corrected chi connectivity index (χ2v) is 4.06. The third-order valence-corrected chi connectivity index (χ3v) is 2.61. The van der Waals surface area contributed by atoms with Crippen molar-refractivity contribution in [3.8, 4) is 5.75 Å². The van der Waals surface area contributed by atoms with E-state index in [9.17, 15) is 4.79 Å². The van der Waals surface area contributed by atoms with Crippen molar-refractivity contribution in [3.05, 3.63) is 54.9 Å². The largest absolute Gasteiger partial charge is 0.481 e. The van der Waals surface area contributed by atoms with Crippen LogP contribution in [0.1, 0.15) is 13.3 Å². The van der Waals surface area contributed by atoms with Gasteiger partial charge in [0.2, 0.25) is 0 Å². The first-order chi connectivity index (χ1) is 9.29. The monoisotopic (exact) mass is 256 g/mol. The van der Waals surface area contributed by atoms with Crippen LogP contribution in [0.25, 0.3) is 0 Å². The van der Waals surface area contributed by atoms with Crippen LogP contribution in [-0.2, 0) is 4.79 Å². The van der Waals surface area contributed by atoms with E-state index in [1.54, 1.807) is 24.5 Å². The zero-order valence-electron chi connectivity index (χ0n) is 10.7. The minimum absolute atomic E-state index is 0.167. The molecule has 1 N–H and O–H groups in total. The summed E-state index contributed by atoms with van der Waals surface area (Å²) in [6.45, 7) is 1.91. The molecule has 0 spiro atoms. The Bertz CT molecular complexity index is 514. The van der Waals surface area contributed by atoms with Crippen LogP contribution in [0.4, 0.5) is 5.69 Å². The van der Waals surface area contributed by atoms with Crippen LogP contribution >= 0.6 is 0 Å². The number of benzene rings is 1. The van der Waals surface area contributed by atoms with Gasteiger partial charge in [-0.15, -0.1) is 0 Å². The number of para-hydroxylation sites is 1. The lowest BCUT2D eigenvalue weighted by molar-refractivity contribution is -0.122. The first kappa shape index (κ1) is 13.1. The number of amides is 1. The van der Waals surface area contributed by atoms with E-state index in [1.165, 1.54) is 0 Å². The van der Waals surface area contributed by atoms with Crippen LogP contribution in [0.5, 0.6) is 5.75 Å². The Balaban J connectivity index is 2.00. The number of hydrogen-bond acceptors (Lipinski definition) is 3. The molecule has 1 heterocycles. The third kappa shape index (κ3) is 3.81. The standard InChI is InChI=1S/C15H16N2O2/c1-2-14(19-13-8-4-3-5-9-13)15(18)17-12-7-6-10-16-11-12/h3-11,14H,2H2,1H3,(H,17,18)/t14-/m1/s1. The smallest absolute Gasteiger partial charge is 0.265 e. The van der Waals surface area contributed by atoms with E-state index in [4.69, 9.17) is 4.74 Å². The molecule has 0 saturated heterocycles. The number of nitrogens with one attached hydrogen (secondary N) is 1. The number of pyridine rings is 1. The van der Waals surface area contributed by atoms with E-state index in [1.807, 2.05) is 37.3 Å². The summed E-state index contributed by atoms with van der Waals surface area (Å²) in [5.74, 6) is 0.523. The number of carbonyl (C=O) groups is 1. The lowest BCUT2D eigenvalue weighted by Crippen LogP contribution is -2.32. The quantitative estimate of drug-likeness (QED) is 0.895. The fraction of sp³-hybridized carbons (Fsp3) is 0.200. The van der Waals surface area contributed by atoms with Crippen LogP contribution in [0.15, 0.2) is 54.9 Å². The summed E-state index contributed by atoms with van der Waals surface area (Å²) in [6, 6.07) is 12.9. The fourth-order valence-electron chi connectivity index (χ4n) is 1.65. The number of nitrogens with zero attached hydrogens (tertiary/aromatic N) is 1. The maximum Gasteiger partial charge on any atom is 0.265 e. The van der Waals surface area contributed by atoms with E-state index in [-0.39, 0.29) is 5.91 Å². The summed E-state index contributed by atoms with van der Waals surface area (Å²) in [6.07, 6.45) is 3.35. The highest BCUT2D eigenvalue weighted by molar-refractivity contribution is 5.94. The van der Waals surface area contributed by atoms with Gasteiger partial charge in [-0.05, 0) is 30.7 Å². The second-order valence-electron chi connectivity index (χ2n) is 4.06. The summed E-state index contributed by atoms with van der Waals surface area (Å²) < 4.78 is 5.67. The lowest BCUT2D eigenvalue weighted by Gasteiger charge is -2.17. The Labute approximate surface area is 112 Å². The Kier molecular flexibility index (Phi) is 4.50. The Hall–Kier alpha value is -2.36. The summed E-state index contributed by atoms with van der Waals surface area (Å²) in [7, 11) is 0. The summed E-state index contributed by atoms with van der Waals surface area (Å²) in [4.78, 5) is 16.0. The lowest BCUT2D eigenvalue weighted by atomic mass is 10.2.